The maximum atomic E-state index is 5.85. The van der Waals surface area contributed by atoms with Crippen LogP contribution in [0.2, 0.25) is 0 Å². The highest BCUT2D eigenvalue weighted by molar-refractivity contribution is 5.57. The van der Waals surface area contributed by atoms with Gasteiger partial charge in [-0.1, -0.05) is 20.8 Å². The molecule has 1 atom stereocenters. The number of rotatable bonds is 3. The van der Waals surface area contributed by atoms with Crippen molar-refractivity contribution in [2.45, 2.75) is 32.3 Å². The van der Waals surface area contributed by atoms with E-state index in [9.17, 15) is 0 Å². The van der Waals surface area contributed by atoms with Gasteiger partial charge in [-0.05, 0) is 6.07 Å². The Morgan fingerprint density at radius 3 is 3.05 bits per heavy atom. The number of nitrogens with zero attached hydrogens (tertiary/aromatic N) is 3. The molecule has 114 valence electrons. The van der Waals surface area contributed by atoms with Gasteiger partial charge >= 0.3 is 0 Å². The number of aromatic nitrogens is 3. The molecule has 0 aromatic carbocycles. The van der Waals surface area contributed by atoms with Crippen molar-refractivity contribution in [1.82, 2.24) is 19.9 Å². The molecule has 1 unspecified atom stereocenters. The van der Waals surface area contributed by atoms with E-state index in [1.807, 2.05) is 16.8 Å². The molecule has 1 N–H and O–H groups in total. The van der Waals surface area contributed by atoms with Crippen molar-refractivity contribution in [3.63, 3.8) is 0 Å². The molecule has 6 nitrogen and oxygen atoms in total. The summed E-state index contributed by atoms with van der Waals surface area (Å²) in [6, 6.07) is 2.04. The zero-order chi connectivity index (χ0) is 14.9. The third-order valence-corrected chi connectivity index (χ3v) is 3.53. The van der Waals surface area contributed by atoms with Crippen molar-refractivity contribution in [3.8, 4) is 5.88 Å². The molecule has 1 saturated heterocycles. The summed E-state index contributed by atoms with van der Waals surface area (Å²) in [5, 5.41) is 7.88. The lowest BCUT2D eigenvalue weighted by Crippen LogP contribution is -2.41. The molecular formula is C15H22N4O2. The first kappa shape index (κ1) is 14.3. The van der Waals surface area contributed by atoms with Crippen LogP contribution in [0.3, 0.4) is 0 Å². The number of morpholine rings is 1. The second kappa shape index (κ2) is 5.61. The molecule has 0 amide bonds. The van der Waals surface area contributed by atoms with Gasteiger partial charge in [0.1, 0.15) is 18.2 Å². The van der Waals surface area contributed by atoms with Gasteiger partial charge in [0.2, 0.25) is 5.88 Å². The fourth-order valence-electron chi connectivity index (χ4n) is 2.27. The lowest BCUT2D eigenvalue weighted by molar-refractivity contribution is -0.000478. The van der Waals surface area contributed by atoms with Crippen molar-refractivity contribution in [3.05, 3.63) is 24.2 Å². The van der Waals surface area contributed by atoms with Gasteiger partial charge in [0.25, 0.3) is 0 Å². The standard InChI is InChI=1S/C15H22N4O2/c1-15(2,3)13-8-12-14(17-4-6-19(12)18-13)21-10-11-9-16-5-7-20-11/h4,6,8,11,16H,5,7,9-10H2,1-3H3. The van der Waals surface area contributed by atoms with Crippen LogP contribution >= 0.6 is 0 Å². The van der Waals surface area contributed by atoms with Gasteiger partial charge in [-0.3, -0.25) is 0 Å². The smallest absolute Gasteiger partial charge is 0.240 e. The normalized spacial score (nSPS) is 19.9. The topological polar surface area (TPSA) is 60.7 Å². The number of hydrogen-bond acceptors (Lipinski definition) is 5. The fourth-order valence-corrected chi connectivity index (χ4v) is 2.27. The van der Waals surface area contributed by atoms with Gasteiger partial charge in [-0.2, -0.15) is 5.10 Å². The molecule has 2 aromatic heterocycles. The fraction of sp³-hybridized carbons (Fsp3) is 0.600. The van der Waals surface area contributed by atoms with Crippen LogP contribution < -0.4 is 10.1 Å². The molecule has 0 bridgehead atoms. The summed E-state index contributed by atoms with van der Waals surface area (Å²) in [5.41, 5.74) is 1.92. The van der Waals surface area contributed by atoms with Gasteiger partial charge in [-0.15, -0.1) is 0 Å². The first-order valence-corrected chi connectivity index (χ1v) is 7.34. The molecule has 21 heavy (non-hydrogen) atoms. The SMILES string of the molecule is CC(C)(C)c1cc2c(OCC3CNCCO3)nccn2n1. The highest BCUT2D eigenvalue weighted by Gasteiger charge is 2.20. The Morgan fingerprint density at radius 1 is 1.48 bits per heavy atom. The zero-order valence-corrected chi connectivity index (χ0v) is 12.8. The minimum atomic E-state index is -0.000307. The molecule has 0 radical (unpaired) electrons. The summed E-state index contributed by atoms with van der Waals surface area (Å²) in [7, 11) is 0. The third-order valence-electron chi connectivity index (χ3n) is 3.53. The Balaban J connectivity index is 1.79. The van der Waals surface area contributed by atoms with Gasteiger partial charge in [0.05, 0.1) is 12.3 Å². The van der Waals surface area contributed by atoms with Gasteiger partial charge in [0, 0.05) is 30.9 Å². The van der Waals surface area contributed by atoms with Gasteiger partial charge in [-0.25, -0.2) is 9.50 Å². The molecule has 0 saturated carbocycles. The summed E-state index contributed by atoms with van der Waals surface area (Å²) >= 11 is 0. The van der Waals surface area contributed by atoms with Crippen LogP contribution in [0.15, 0.2) is 18.5 Å². The Bertz CT molecular complexity index is 612. The van der Waals surface area contributed by atoms with E-state index in [2.05, 4.69) is 36.2 Å². The largest absolute Gasteiger partial charge is 0.473 e. The van der Waals surface area contributed by atoms with E-state index in [-0.39, 0.29) is 11.5 Å². The molecule has 1 aliphatic heterocycles. The van der Waals surface area contributed by atoms with Crippen molar-refractivity contribution in [2.24, 2.45) is 0 Å². The second-order valence-electron chi connectivity index (χ2n) is 6.35. The lowest BCUT2D eigenvalue weighted by atomic mass is 9.92. The highest BCUT2D eigenvalue weighted by atomic mass is 16.5. The van der Waals surface area contributed by atoms with E-state index in [0.717, 1.165) is 30.9 Å². The lowest BCUT2D eigenvalue weighted by Gasteiger charge is -2.23. The molecule has 0 aliphatic carbocycles. The molecule has 0 spiro atoms. The highest BCUT2D eigenvalue weighted by Crippen LogP contribution is 2.25. The van der Waals surface area contributed by atoms with Gasteiger partial charge in [0.15, 0.2) is 0 Å². The summed E-state index contributed by atoms with van der Waals surface area (Å²) < 4.78 is 13.3. The van der Waals surface area contributed by atoms with Crippen LogP contribution in [0.25, 0.3) is 5.52 Å². The average molecular weight is 290 g/mol. The summed E-state index contributed by atoms with van der Waals surface area (Å²) in [4.78, 5) is 4.33. The molecule has 2 aromatic rings. The van der Waals surface area contributed by atoms with Crippen molar-refractivity contribution < 1.29 is 9.47 Å². The van der Waals surface area contributed by atoms with Crippen LogP contribution in [0, 0.1) is 0 Å². The predicted octanol–water partition coefficient (Wildman–Crippen LogP) is 1.39. The van der Waals surface area contributed by atoms with E-state index in [1.165, 1.54) is 0 Å². The maximum Gasteiger partial charge on any atom is 0.240 e. The molecule has 1 aliphatic rings. The Kier molecular flexibility index (Phi) is 3.82. The molecule has 1 fully saturated rings. The van der Waals surface area contributed by atoms with Gasteiger partial charge < -0.3 is 14.8 Å². The first-order valence-electron chi connectivity index (χ1n) is 7.34. The van der Waals surface area contributed by atoms with E-state index in [0.29, 0.717) is 12.5 Å². The molecule has 3 rings (SSSR count). The zero-order valence-electron chi connectivity index (χ0n) is 12.8. The van der Waals surface area contributed by atoms with E-state index in [1.54, 1.807) is 6.20 Å². The number of hydrogen-bond donors (Lipinski definition) is 1. The van der Waals surface area contributed by atoms with E-state index >= 15 is 0 Å². The molecule has 3 heterocycles. The Hall–Kier alpha value is -1.66. The second-order valence-corrected chi connectivity index (χ2v) is 6.35. The van der Waals surface area contributed by atoms with Crippen LogP contribution in [0.5, 0.6) is 5.88 Å². The summed E-state index contributed by atoms with van der Waals surface area (Å²) in [5.74, 6) is 0.606. The maximum absolute atomic E-state index is 5.85. The van der Waals surface area contributed by atoms with Crippen LogP contribution in [0.4, 0.5) is 0 Å². The quantitative estimate of drug-likeness (QED) is 0.925. The van der Waals surface area contributed by atoms with E-state index in [4.69, 9.17) is 9.47 Å². The third kappa shape index (κ3) is 3.16. The monoisotopic (exact) mass is 290 g/mol. The number of fused-ring (bicyclic) bond motifs is 1. The molecule has 6 heteroatoms. The average Bonchev–Trinajstić information content (AvgIpc) is 2.91. The Labute approximate surface area is 124 Å². The number of ether oxygens (including phenoxy) is 2. The van der Waals surface area contributed by atoms with Crippen molar-refractivity contribution in [2.75, 3.05) is 26.3 Å². The Morgan fingerprint density at radius 2 is 2.33 bits per heavy atom. The number of nitrogens with one attached hydrogen (secondary N) is 1. The summed E-state index contributed by atoms with van der Waals surface area (Å²) in [6.07, 6.45) is 3.63. The predicted molar refractivity (Wildman–Crippen MR) is 79.8 cm³/mol. The van der Waals surface area contributed by atoms with Crippen molar-refractivity contribution in [1.29, 1.82) is 0 Å². The minimum Gasteiger partial charge on any atom is -0.473 e. The minimum absolute atomic E-state index is 0.000307. The van der Waals surface area contributed by atoms with Crippen LogP contribution in [-0.2, 0) is 10.2 Å². The van der Waals surface area contributed by atoms with E-state index < -0.39 is 0 Å². The van der Waals surface area contributed by atoms with Crippen molar-refractivity contribution >= 4 is 5.52 Å². The van der Waals surface area contributed by atoms with Crippen LogP contribution in [0.1, 0.15) is 26.5 Å². The first-order chi connectivity index (χ1) is 10.0. The van der Waals surface area contributed by atoms with Crippen LogP contribution in [-0.4, -0.2) is 47.0 Å². The summed E-state index contributed by atoms with van der Waals surface area (Å²) in [6.45, 7) is 9.37. The molecular weight excluding hydrogens is 268 g/mol.